The van der Waals surface area contributed by atoms with Crippen molar-refractivity contribution in [2.75, 3.05) is 49.1 Å². The molecule has 3 aliphatic rings. The summed E-state index contributed by atoms with van der Waals surface area (Å²) in [7, 11) is 0. The molecule has 1 amide bonds. The number of carbonyl (C=O) groups excluding carboxylic acids is 1. The van der Waals surface area contributed by atoms with Crippen LogP contribution in [0, 0.1) is 6.92 Å². The second-order valence-corrected chi connectivity index (χ2v) is 12.1. The highest BCUT2D eigenvalue weighted by Crippen LogP contribution is 2.34. The number of anilines is 2. The number of thiocarbonyl (C=S) groups is 1. The molecule has 1 atom stereocenters. The van der Waals surface area contributed by atoms with Crippen LogP contribution in [-0.2, 0) is 9.53 Å². The largest absolute Gasteiger partial charge is 0.376 e. The zero-order valence-corrected chi connectivity index (χ0v) is 23.9. The first kappa shape index (κ1) is 26.3. The molecule has 0 aliphatic carbocycles. The molecule has 0 bridgehead atoms. The first-order valence-electron chi connectivity index (χ1n) is 13.0. The molecule has 0 unspecified atom stereocenters. The van der Waals surface area contributed by atoms with Gasteiger partial charge in [-0.05, 0) is 55.7 Å². The van der Waals surface area contributed by atoms with E-state index < -0.39 is 0 Å². The number of nitrogens with zero attached hydrogens (tertiary/aromatic N) is 5. The summed E-state index contributed by atoms with van der Waals surface area (Å²) in [5.74, 6) is 0.393. The van der Waals surface area contributed by atoms with Gasteiger partial charge in [0, 0.05) is 49.7 Å². The molecule has 3 aromatic rings. The van der Waals surface area contributed by atoms with Crippen LogP contribution in [-0.4, -0.2) is 69.9 Å². The second-order valence-electron chi connectivity index (χ2n) is 9.97. The van der Waals surface area contributed by atoms with Gasteiger partial charge in [-0.15, -0.1) is 0 Å². The third-order valence-electron chi connectivity index (χ3n) is 7.30. The van der Waals surface area contributed by atoms with Crippen molar-refractivity contribution in [3.8, 4) is 0 Å². The molecule has 39 heavy (non-hydrogen) atoms. The Labute approximate surface area is 241 Å². The van der Waals surface area contributed by atoms with Crippen molar-refractivity contribution in [3.05, 3.63) is 74.0 Å². The predicted molar refractivity (Wildman–Crippen MR) is 161 cm³/mol. The van der Waals surface area contributed by atoms with E-state index in [-0.39, 0.29) is 17.6 Å². The van der Waals surface area contributed by atoms with Crippen LogP contribution in [0.1, 0.15) is 24.0 Å². The Morgan fingerprint density at radius 2 is 1.95 bits per heavy atom. The lowest BCUT2D eigenvalue weighted by atomic mass is 10.2. The zero-order valence-electron chi connectivity index (χ0n) is 21.5. The van der Waals surface area contributed by atoms with Gasteiger partial charge in [-0.3, -0.25) is 18.9 Å². The smallest absolute Gasteiger partial charge is 0.267 e. The van der Waals surface area contributed by atoms with Gasteiger partial charge in [0.15, 0.2) is 0 Å². The summed E-state index contributed by atoms with van der Waals surface area (Å²) >= 11 is 13.0. The molecular weight excluding hydrogens is 554 g/mol. The number of ether oxygens (including phenoxy) is 1. The molecule has 8 nitrogen and oxygen atoms in total. The highest BCUT2D eigenvalue weighted by atomic mass is 35.5. The Kier molecular flexibility index (Phi) is 7.37. The lowest BCUT2D eigenvalue weighted by Gasteiger charge is -2.37. The number of benzene rings is 1. The highest BCUT2D eigenvalue weighted by Gasteiger charge is 2.35. The van der Waals surface area contributed by atoms with E-state index in [9.17, 15) is 9.59 Å². The van der Waals surface area contributed by atoms with Gasteiger partial charge in [-0.1, -0.05) is 47.7 Å². The Morgan fingerprint density at radius 1 is 1.15 bits per heavy atom. The maximum Gasteiger partial charge on any atom is 0.267 e. The van der Waals surface area contributed by atoms with Crippen molar-refractivity contribution in [2.45, 2.75) is 25.9 Å². The van der Waals surface area contributed by atoms with Crippen LogP contribution in [0.25, 0.3) is 11.7 Å². The quantitative estimate of drug-likeness (QED) is 0.325. The predicted octanol–water partition coefficient (Wildman–Crippen LogP) is 4.36. The standard InChI is InChI=1S/C28H28ClN5O3S2/c1-18-7-8-24-30-25(32-11-9-31(10-12-32)20-5-2-4-19(29)14-20)22(26(35)33(24)16-18)15-23-27(36)34(28(38)39-23)17-21-6-3-13-37-21/h2,4-5,7-8,14-16,21H,3,6,9-13,17H2,1H3/b23-15-/t21-/m1/s1. The van der Waals surface area contributed by atoms with Gasteiger partial charge in [0.05, 0.1) is 23.1 Å². The number of carbonyl (C=O) groups is 1. The van der Waals surface area contributed by atoms with Gasteiger partial charge in [-0.2, -0.15) is 0 Å². The summed E-state index contributed by atoms with van der Waals surface area (Å²) in [5.41, 5.74) is 2.77. The average Bonchev–Trinajstić information content (AvgIpc) is 3.54. The van der Waals surface area contributed by atoms with Crippen LogP contribution >= 0.6 is 35.6 Å². The van der Waals surface area contributed by atoms with Gasteiger partial charge in [0.2, 0.25) is 0 Å². The molecule has 3 fully saturated rings. The number of aryl methyl sites for hydroxylation is 1. The number of hydrogen-bond acceptors (Lipinski definition) is 8. The Balaban J connectivity index is 1.34. The highest BCUT2D eigenvalue weighted by molar-refractivity contribution is 8.26. The van der Waals surface area contributed by atoms with Crippen LogP contribution in [0.2, 0.25) is 5.02 Å². The average molecular weight is 582 g/mol. The minimum atomic E-state index is -0.208. The number of fused-ring (bicyclic) bond motifs is 1. The number of hydrogen-bond donors (Lipinski definition) is 0. The molecular formula is C28H28ClN5O3S2. The molecule has 6 rings (SSSR count). The van der Waals surface area contributed by atoms with Crippen LogP contribution in [0.3, 0.4) is 0 Å². The summed E-state index contributed by atoms with van der Waals surface area (Å²) in [6.07, 6.45) is 5.36. The van der Waals surface area contributed by atoms with E-state index >= 15 is 0 Å². The lowest BCUT2D eigenvalue weighted by molar-refractivity contribution is -0.123. The first-order valence-corrected chi connectivity index (χ1v) is 14.6. The monoisotopic (exact) mass is 581 g/mol. The molecule has 2 aromatic heterocycles. The third kappa shape index (κ3) is 5.30. The number of amides is 1. The SMILES string of the molecule is Cc1ccc2nc(N3CCN(c4cccc(Cl)c4)CC3)c(/C=C3\SC(=S)N(C[C@H]4CCCO4)C3=O)c(=O)n2c1. The van der Waals surface area contributed by atoms with Crippen LogP contribution in [0.5, 0.6) is 0 Å². The second kappa shape index (κ2) is 10.9. The van der Waals surface area contributed by atoms with Gasteiger partial charge in [0.25, 0.3) is 11.5 Å². The van der Waals surface area contributed by atoms with E-state index in [0.29, 0.717) is 57.5 Å². The van der Waals surface area contributed by atoms with Crippen molar-refractivity contribution < 1.29 is 9.53 Å². The Bertz CT molecular complexity index is 1540. The van der Waals surface area contributed by atoms with E-state index in [1.807, 2.05) is 37.3 Å². The molecule has 1 aromatic carbocycles. The molecule has 0 spiro atoms. The molecule has 3 saturated heterocycles. The van der Waals surface area contributed by atoms with Crippen LogP contribution < -0.4 is 15.4 Å². The number of piperazine rings is 1. The maximum atomic E-state index is 13.8. The summed E-state index contributed by atoms with van der Waals surface area (Å²) in [5, 5.41) is 0.702. The minimum Gasteiger partial charge on any atom is -0.376 e. The molecule has 3 aliphatic heterocycles. The van der Waals surface area contributed by atoms with Crippen LogP contribution in [0.4, 0.5) is 11.5 Å². The lowest BCUT2D eigenvalue weighted by Crippen LogP contribution is -2.47. The topological polar surface area (TPSA) is 70.4 Å². The van der Waals surface area contributed by atoms with E-state index in [1.54, 1.807) is 21.6 Å². The molecule has 11 heteroatoms. The van der Waals surface area contributed by atoms with Crippen LogP contribution in [0.15, 0.2) is 52.3 Å². The van der Waals surface area contributed by atoms with E-state index in [2.05, 4.69) is 15.9 Å². The van der Waals surface area contributed by atoms with Crippen molar-refractivity contribution in [1.82, 2.24) is 14.3 Å². The number of thioether (sulfide) groups is 1. The van der Waals surface area contributed by atoms with Gasteiger partial charge >= 0.3 is 0 Å². The third-order valence-corrected chi connectivity index (χ3v) is 8.91. The first-order chi connectivity index (χ1) is 18.9. The van der Waals surface area contributed by atoms with E-state index in [4.69, 9.17) is 33.5 Å². The van der Waals surface area contributed by atoms with Crippen molar-refractivity contribution in [1.29, 1.82) is 0 Å². The number of pyridine rings is 1. The minimum absolute atomic E-state index is 0.00543. The zero-order chi connectivity index (χ0) is 27.1. The van der Waals surface area contributed by atoms with Gasteiger partial charge in [-0.25, -0.2) is 4.98 Å². The van der Waals surface area contributed by atoms with Crippen molar-refractivity contribution in [3.63, 3.8) is 0 Å². The summed E-state index contributed by atoms with van der Waals surface area (Å²) in [6.45, 7) is 5.92. The van der Waals surface area contributed by atoms with E-state index in [1.165, 1.54) is 11.8 Å². The normalized spacial score (nSPS) is 21.1. The molecule has 0 saturated carbocycles. The van der Waals surface area contributed by atoms with Crippen molar-refractivity contribution >= 4 is 69.0 Å². The Morgan fingerprint density at radius 3 is 2.69 bits per heavy atom. The molecule has 202 valence electrons. The maximum absolute atomic E-state index is 13.8. The fraction of sp³-hybridized carbons (Fsp3) is 0.357. The van der Waals surface area contributed by atoms with Gasteiger partial charge in [0.1, 0.15) is 15.8 Å². The summed E-state index contributed by atoms with van der Waals surface area (Å²) in [4.78, 5) is 38.6. The number of rotatable bonds is 5. The number of aromatic nitrogens is 2. The summed E-state index contributed by atoms with van der Waals surface area (Å²) in [6, 6.07) is 11.6. The van der Waals surface area contributed by atoms with E-state index in [0.717, 1.165) is 37.2 Å². The van der Waals surface area contributed by atoms with Crippen molar-refractivity contribution in [2.24, 2.45) is 0 Å². The Hall–Kier alpha value is -2.92. The fourth-order valence-electron chi connectivity index (χ4n) is 5.24. The number of halogens is 1. The molecule has 5 heterocycles. The fourth-order valence-corrected chi connectivity index (χ4v) is 6.69. The van der Waals surface area contributed by atoms with Gasteiger partial charge < -0.3 is 14.5 Å². The molecule has 0 radical (unpaired) electrons. The summed E-state index contributed by atoms with van der Waals surface area (Å²) < 4.78 is 7.77. The molecule has 0 N–H and O–H groups in total.